The number of hydrogen-bond donors (Lipinski definition) is 2. The first kappa shape index (κ1) is 13.4. The Morgan fingerprint density at radius 2 is 2.12 bits per heavy atom. The zero-order valence-corrected chi connectivity index (χ0v) is 10.0. The van der Waals surface area contributed by atoms with Crippen LogP contribution in [0.4, 0.5) is 0 Å². The topological polar surface area (TPSA) is 92.7 Å². The lowest BCUT2D eigenvalue weighted by Crippen LogP contribution is -2.34. The molecule has 0 heterocycles. The molecule has 7 heteroatoms. The summed E-state index contributed by atoms with van der Waals surface area (Å²) >= 11 is 0. The number of hydrogen-bond acceptors (Lipinski definition) is 5. The van der Waals surface area contributed by atoms with Gasteiger partial charge >= 0.3 is 5.97 Å². The van der Waals surface area contributed by atoms with E-state index in [4.69, 9.17) is 5.11 Å². The van der Waals surface area contributed by atoms with Gasteiger partial charge in [-0.25, -0.2) is 13.1 Å². The molecule has 0 aromatic carbocycles. The highest BCUT2D eigenvalue weighted by atomic mass is 32.2. The maximum atomic E-state index is 11.4. The fourth-order valence-electron chi connectivity index (χ4n) is 1.22. The number of methoxy groups -OCH3 is 1. The van der Waals surface area contributed by atoms with Crippen LogP contribution >= 0.6 is 0 Å². The molecule has 2 N–H and O–H groups in total. The molecule has 16 heavy (non-hydrogen) atoms. The average molecular weight is 251 g/mol. The minimum atomic E-state index is -3.45. The smallest absolute Gasteiger partial charge is 0.306 e. The molecule has 0 aliphatic heterocycles. The molecule has 1 fully saturated rings. The largest absolute Gasteiger partial charge is 0.469 e. The van der Waals surface area contributed by atoms with Crippen molar-refractivity contribution < 1.29 is 23.1 Å². The standard InChI is InChI=1S/C9H17NO5S/c1-15-8(12)2-5-16(13,14)10-6-9(7-11)3-4-9/h10-11H,2-7H2,1H3. The minimum absolute atomic E-state index is 0.00742. The maximum Gasteiger partial charge on any atom is 0.306 e. The third-order valence-electron chi connectivity index (χ3n) is 2.76. The molecule has 0 aromatic rings. The Balaban J connectivity index is 2.32. The van der Waals surface area contributed by atoms with E-state index in [-0.39, 0.29) is 30.7 Å². The summed E-state index contributed by atoms with van der Waals surface area (Å²) < 4.78 is 29.6. The first-order chi connectivity index (χ1) is 7.43. The fourth-order valence-corrected chi connectivity index (χ4v) is 2.33. The molecule has 0 radical (unpaired) electrons. The molecule has 6 nitrogen and oxygen atoms in total. The highest BCUT2D eigenvalue weighted by molar-refractivity contribution is 7.89. The quantitative estimate of drug-likeness (QED) is 0.580. The SMILES string of the molecule is COC(=O)CCS(=O)(=O)NCC1(CO)CC1. The number of carbonyl (C=O) groups excluding carboxylic acids is 1. The summed E-state index contributed by atoms with van der Waals surface area (Å²) in [5, 5.41) is 9.00. The van der Waals surface area contributed by atoms with Crippen molar-refractivity contribution in [3.05, 3.63) is 0 Å². The van der Waals surface area contributed by atoms with E-state index in [0.717, 1.165) is 12.8 Å². The van der Waals surface area contributed by atoms with Crippen LogP contribution < -0.4 is 4.72 Å². The van der Waals surface area contributed by atoms with Gasteiger partial charge in [-0.15, -0.1) is 0 Å². The van der Waals surface area contributed by atoms with E-state index in [9.17, 15) is 13.2 Å². The third kappa shape index (κ3) is 4.07. The van der Waals surface area contributed by atoms with E-state index >= 15 is 0 Å². The van der Waals surface area contributed by atoms with Crippen LogP contribution in [0.3, 0.4) is 0 Å². The molecule has 1 aliphatic rings. The van der Waals surface area contributed by atoms with E-state index in [1.807, 2.05) is 0 Å². The first-order valence-electron chi connectivity index (χ1n) is 5.08. The lowest BCUT2D eigenvalue weighted by Gasteiger charge is -2.12. The molecular weight excluding hydrogens is 234 g/mol. The zero-order chi connectivity index (χ0) is 12.2. The van der Waals surface area contributed by atoms with E-state index in [1.54, 1.807) is 0 Å². The van der Waals surface area contributed by atoms with Gasteiger partial charge in [0.1, 0.15) is 0 Å². The van der Waals surface area contributed by atoms with Gasteiger partial charge in [0.05, 0.1) is 19.3 Å². The van der Waals surface area contributed by atoms with Crippen molar-refractivity contribution >= 4 is 16.0 Å². The Morgan fingerprint density at radius 1 is 1.50 bits per heavy atom. The second-order valence-corrected chi connectivity index (χ2v) is 6.05. The predicted octanol–water partition coefficient (Wildman–Crippen LogP) is -0.759. The van der Waals surface area contributed by atoms with Gasteiger partial charge in [-0.3, -0.25) is 4.79 Å². The molecule has 0 bridgehead atoms. The van der Waals surface area contributed by atoms with Crippen LogP contribution in [0.5, 0.6) is 0 Å². The van der Waals surface area contributed by atoms with Gasteiger partial charge in [0.25, 0.3) is 0 Å². The molecule has 0 amide bonds. The molecule has 0 atom stereocenters. The summed E-state index contributed by atoms with van der Waals surface area (Å²) in [6.45, 7) is 0.236. The summed E-state index contributed by atoms with van der Waals surface area (Å²) in [4.78, 5) is 10.8. The summed E-state index contributed by atoms with van der Waals surface area (Å²) in [6.07, 6.45) is 1.52. The highest BCUT2D eigenvalue weighted by Crippen LogP contribution is 2.44. The van der Waals surface area contributed by atoms with Crippen molar-refractivity contribution in [2.45, 2.75) is 19.3 Å². The first-order valence-corrected chi connectivity index (χ1v) is 6.73. The van der Waals surface area contributed by atoms with Crippen LogP contribution in [0.15, 0.2) is 0 Å². The van der Waals surface area contributed by atoms with Gasteiger partial charge in [0, 0.05) is 18.6 Å². The van der Waals surface area contributed by atoms with Crippen LogP contribution in [-0.2, 0) is 19.6 Å². The van der Waals surface area contributed by atoms with Crippen molar-refractivity contribution in [2.75, 3.05) is 26.0 Å². The fraction of sp³-hybridized carbons (Fsp3) is 0.889. The number of ether oxygens (including phenoxy) is 1. The van der Waals surface area contributed by atoms with E-state index in [1.165, 1.54) is 7.11 Å². The van der Waals surface area contributed by atoms with E-state index < -0.39 is 16.0 Å². The lowest BCUT2D eigenvalue weighted by molar-refractivity contribution is -0.140. The van der Waals surface area contributed by atoms with Gasteiger partial charge in [0.15, 0.2) is 0 Å². The number of rotatable bonds is 7. The van der Waals surface area contributed by atoms with E-state index in [2.05, 4.69) is 9.46 Å². The number of carbonyl (C=O) groups is 1. The Kier molecular flexibility index (Phi) is 4.28. The summed E-state index contributed by atoms with van der Waals surface area (Å²) in [7, 11) is -2.24. The number of aliphatic hydroxyl groups excluding tert-OH is 1. The number of sulfonamides is 1. The maximum absolute atomic E-state index is 11.4. The van der Waals surface area contributed by atoms with Gasteiger partial charge in [-0.2, -0.15) is 0 Å². The second kappa shape index (κ2) is 5.11. The summed E-state index contributed by atoms with van der Waals surface area (Å²) in [6, 6.07) is 0. The van der Waals surface area contributed by atoms with Crippen molar-refractivity contribution in [1.29, 1.82) is 0 Å². The Morgan fingerprint density at radius 3 is 2.56 bits per heavy atom. The Bertz CT molecular complexity index is 347. The molecular formula is C9H17NO5S. The molecule has 0 aromatic heterocycles. The molecule has 94 valence electrons. The normalized spacial score (nSPS) is 18.1. The monoisotopic (exact) mass is 251 g/mol. The van der Waals surface area contributed by atoms with Crippen LogP contribution in [0.1, 0.15) is 19.3 Å². The zero-order valence-electron chi connectivity index (χ0n) is 9.23. The Labute approximate surface area is 95.0 Å². The van der Waals surface area contributed by atoms with Crippen LogP contribution in [0, 0.1) is 5.41 Å². The number of esters is 1. The van der Waals surface area contributed by atoms with Gasteiger partial charge in [-0.05, 0) is 12.8 Å². The molecule has 1 saturated carbocycles. The molecule has 0 spiro atoms. The van der Waals surface area contributed by atoms with Crippen LogP contribution in [0.25, 0.3) is 0 Å². The van der Waals surface area contributed by atoms with E-state index in [0.29, 0.717) is 0 Å². The number of nitrogens with one attached hydrogen (secondary N) is 1. The summed E-state index contributed by atoms with van der Waals surface area (Å²) in [5.74, 6) is -0.824. The lowest BCUT2D eigenvalue weighted by atomic mass is 10.1. The minimum Gasteiger partial charge on any atom is -0.469 e. The molecule has 1 aliphatic carbocycles. The molecule has 0 unspecified atom stereocenters. The Hall–Kier alpha value is -0.660. The van der Waals surface area contributed by atoms with Gasteiger partial charge < -0.3 is 9.84 Å². The van der Waals surface area contributed by atoms with Crippen LogP contribution in [-0.4, -0.2) is 45.5 Å². The summed E-state index contributed by atoms with van der Waals surface area (Å²) in [5.41, 5.74) is -0.266. The predicted molar refractivity (Wildman–Crippen MR) is 57.2 cm³/mol. The van der Waals surface area contributed by atoms with Crippen molar-refractivity contribution in [3.8, 4) is 0 Å². The third-order valence-corrected chi connectivity index (χ3v) is 4.09. The van der Waals surface area contributed by atoms with Crippen molar-refractivity contribution in [3.63, 3.8) is 0 Å². The van der Waals surface area contributed by atoms with Gasteiger partial charge in [-0.1, -0.05) is 0 Å². The van der Waals surface area contributed by atoms with Crippen molar-refractivity contribution in [2.24, 2.45) is 5.41 Å². The average Bonchev–Trinajstić information content (AvgIpc) is 3.04. The van der Waals surface area contributed by atoms with Crippen molar-refractivity contribution in [1.82, 2.24) is 4.72 Å². The van der Waals surface area contributed by atoms with Gasteiger partial charge in [0.2, 0.25) is 10.0 Å². The second-order valence-electron chi connectivity index (χ2n) is 4.12. The highest BCUT2D eigenvalue weighted by Gasteiger charge is 2.42. The molecule has 0 saturated heterocycles. The van der Waals surface area contributed by atoms with Crippen LogP contribution in [0.2, 0.25) is 0 Å². The molecule has 1 rings (SSSR count). The number of aliphatic hydroxyl groups is 1.